The minimum absolute atomic E-state index is 0.0494. The second-order valence-corrected chi connectivity index (χ2v) is 7.35. The largest absolute Gasteiger partial charge is 0.312 e. The van der Waals surface area contributed by atoms with E-state index in [1.807, 2.05) is 19.9 Å². The molecule has 6 heteroatoms. The van der Waals surface area contributed by atoms with E-state index in [0.717, 1.165) is 24.9 Å². The molecule has 134 valence electrons. The number of nitrogens with zero attached hydrogens (tertiary/aromatic N) is 1. The molecule has 0 aromatic heterocycles. The minimum Gasteiger partial charge on any atom is -0.312 e. The van der Waals surface area contributed by atoms with Crippen LogP contribution in [0.25, 0.3) is 0 Å². The Kier molecular flexibility index (Phi) is 5.06. The van der Waals surface area contributed by atoms with Gasteiger partial charge in [0.2, 0.25) is 17.7 Å². The van der Waals surface area contributed by atoms with Crippen LogP contribution in [-0.4, -0.2) is 24.3 Å². The summed E-state index contributed by atoms with van der Waals surface area (Å²) < 4.78 is 0. The lowest BCUT2D eigenvalue weighted by Gasteiger charge is -2.18. The smallest absolute Gasteiger partial charge is 0.243 e. The molecule has 1 atom stereocenters. The highest BCUT2D eigenvalue weighted by molar-refractivity contribution is 6.00. The van der Waals surface area contributed by atoms with Crippen molar-refractivity contribution in [2.75, 3.05) is 11.4 Å². The number of benzene rings is 1. The van der Waals surface area contributed by atoms with Crippen LogP contribution in [0, 0.1) is 11.8 Å². The van der Waals surface area contributed by atoms with Crippen molar-refractivity contribution in [3.8, 4) is 0 Å². The first-order valence-corrected chi connectivity index (χ1v) is 8.95. The maximum Gasteiger partial charge on any atom is 0.243 e. The summed E-state index contributed by atoms with van der Waals surface area (Å²) in [6.07, 6.45) is 3.84. The third-order valence-electron chi connectivity index (χ3n) is 4.81. The first kappa shape index (κ1) is 17.5. The Morgan fingerprint density at radius 2 is 1.96 bits per heavy atom. The maximum absolute atomic E-state index is 12.3. The van der Waals surface area contributed by atoms with Crippen molar-refractivity contribution in [2.24, 2.45) is 11.8 Å². The molecule has 0 bridgehead atoms. The zero-order valence-electron chi connectivity index (χ0n) is 14.8. The van der Waals surface area contributed by atoms with Crippen LogP contribution in [0.1, 0.15) is 44.2 Å². The van der Waals surface area contributed by atoms with Gasteiger partial charge < -0.3 is 4.90 Å². The van der Waals surface area contributed by atoms with E-state index in [1.165, 1.54) is 11.1 Å². The van der Waals surface area contributed by atoms with Gasteiger partial charge in [-0.1, -0.05) is 19.9 Å². The SMILES string of the molecule is CC(C)CC(=O)NNC(=O)[C@@H]1CC(=O)N(c2ccc3c(c2)CCC3)C1. The Morgan fingerprint density at radius 3 is 2.72 bits per heavy atom. The zero-order chi connectivity index (χ0) is 18.0. The molecule has 2 N–H and O–H groups in total. The molecule has 25 heavy (non-hydrogen) atoms. The van der Waals surface area contributed by atoms with Crippen LogP contribution in [0.5, 0.6) is 0 Å². The number of carbonyl (C=O) groups is 3. The predicted molar refractivity (Wildman–Crippen MR) is 94.7 cm³/mol. The van der Waals surface area contributed by atoms with Crippen molar-refractivity contribution in [1.82, 2.24) is 10.9 Å². The number of fused-ring (bicyclic) bond motifs is 1. The van der Waals surface area contributed by atoms with Crippen molar-refractivity contribution in [3.05, 3.63) is 29.3 Å². The fraction of sp³-hybridized carbons (Fsp3) is 0.526. The van der Waals surface area contributed by atoms with Crippen LogP contribution < -0.4 is 15.8 Å². The number of hydrogen-bond donors (Lipinski definition) is 2. The predicted octanol–water partition coefficient (Wildman–Crippen LogP) is 1.72. The lowest BCUT2D eigenvalue weighted by atomic mass is 10.1. The summed E-state index contributed by atoms with van der Waals surface area (Å²) in [6, 6.07) is 6.13. The lowest BCUT2D eigenvalue weighted by Crippen LogP contribution is -2.45. The Labute approximate surface area is 147 Å². The number of amides is 3. The molecule has 1 saturated heterocycles. The third kappa shape index (κ3) is 4.00. The summed E-state index contributed by atoms with van der Waals surface area (Å²) in [5.74, 6) is -0.802. The molecular weight excluding hydrogens is 318 g/mol. The van der Waals surface area contributed by atoms with Gasteiger partial charge in [-0.05, 0) is 48.4 Å². The molecule has 1 aromatic rings. The van der Waals surface area contributed by atoms with Gasteiger partial charge in [-0.15, -0.1) is 0 Å². The average molecular weight is 343 g/mol. The molecule has 3 rings (SSSR count). The van der Waals surface area contributed by atoms with Crippen molar-refractivity contribution in [1.29, 1.82) is 0 Å². The van der Waals surface area contributed by atoms with Gasteiger partial charge in [0.25, 0.3) is 0 Å². The summed E-state index contributed by atoms with van der Waals surface area (Å²) in [6.45, 7) is 4.22. The normalized spacial score (nSPS) is 19.2. The van der Waals surface area contributed by atoms with E-state index in [9.17, 15) is 14.4 Å². The summed E-state index contributed by atoms with van der Waals surface area (Å²) in [4.78, 5) is 37.9. The van der Waals surface area contributed by atoms with Crippen molar-refractivity contribution < 1.29 is 14.4 Å². The van der Waals surface area contributed by atoms with Gasteiger partial charge >= 0.3 is 0 Å². The van der Waals surface area contributed by atoms with E-state index in [0.29, 0.717) is 13.0 Å². The van der Waals surface area contributed by atoms with Crippen LogP contribution in [0.2, 0.25) is 0 Å². The van der Waals surface area contributed by atoms with Gasteiger partial charge in [-0.3, -0.25) is 25.2 Å². The average Bonchev–Trinajstić information content (AvgIpc) is 3.17. The van der Waals surface area contributed by atoms with Crippen molar-refractivity contribution >= 4 is 23.4 Å². The van der Waals surface area contributed by atoms with E-state index in [4.69, 9.17) is 0 Å². The molecule has 0 saturated carbocycles. The number of aryl methyl sites for hydroxylation is 2. The van der Waals surface area contributed by atoms with E-state index < -0.39 is 5.92 Å². The van der Waals surface area contributed by atoms with Gasteiger partial charge in [0.05, 0.1) is 5.92 Å². The Balaban J connectivity index is 1.58. The van der Waals surface area contributed by atoms with Crippen LogP contribution in [0.15, 0.2) is 18.2 Å². The maximum atomic E-state index is 12.3. The van der Waals surface area contributed by atoms with Gasteiger partial charge in [0.1, 0.15) is 0 Å². The standard InChI is InChI=1S/C19H25N3O3/c1-12(2)8-17(23)20-21-19(25)15-10-18(24)22(11-15)16-7-6-13-4-3-5-14(13)9-16/h6-7,9,12,15H,3-5,8,10-11H2,1-2H3,(H,20,23)(H,21,25)/t15-/m1/s1. The van der Waals surface area contributed by atoms with E-state index in [-0.39, 0.29) is 30.1 Å². The topological polar surface area (TPSA) is 78.5 Å². The molecule has 3 amide bonds. The third-order valence-corrected chi connectivity index (χ3v) is 4.81. The van der Waals surface area contributed by atoms with Crippen LogP contribution in [0.3, 0.4) is 0 Å². The Morgan fingerprint density at radius 1 is 1.20 bits per heavy atom. The van der Waals surface area contributed by atoms with Crippen LogP contribution in [0.4, 0.5) is 5.69 Å². The lowest BCUT2D eigenvalue weighted by molar-refractivity contribution is -0.131. The molecule has 6 nitrogen and oxygen atoms in total. The molecule has 1 aliphatic carbocycles. The summed E-state index contributed by atoms with van der Waals surface area (Å²) in [5.41, 5.74) is 8.40. The second-order valence-electron chi connectivity index (χ2n) is 7.35. The fourth-order valence-electron chi connectivity index (χ4n) is 3.51. The molecule has 2 aliphatic rings. The van der Waals surface area contributed by atoms with E-state index in [2.05, 4.69) is 23.0 Å². The summed E-state index contributed by atoms with van der Waals surface area (Å²) >= 11 is 0. The monoisotopic (exact) mass is 343 g/mol. The fourth-order valence-corrected chi connectivity index (χ4v) is 3.51. The number of carbonyl (C=O) groups excluding carboxylic acids is 3. The summed E-state index contributed by atoms with van der Waals surface area (Å²) in [7, 11) is 0. The highest BCUT2D eigenvalue weighted by atomic mass is 16.2. The first-order valence-electron chi connectivity index (χ1n) is 8.95. The summed E-state index contributed by atoms with van der Waals surface area (Å²) in [5, 5.41) is 0. The minimum atomic E-state index is -0.444. The highest BCUT2D eigenvalue weighted by Gasteiger charge is 2.35. The first-order chi connectivity index (χ1) is 11.9. The number of rotatable bonds is 4. The molecule has 1 aliphatic heterocycles. The number of nitrogens with one attached hydrogen (secondary N) is 2. The van der Waals surface area contributed by atoms with Crippen molar-refractivity contribution in [2.45, 2.75) is 46.0 Å². The molecule has 1 aromatic carbocycles. The van der Waals surface area contributed by atoms with Crippen molar-refractivity contribution in [3.63, 3.8) is 0 Å². The molecular formula is C19H25N3O3. The molecule has 0 spiro atoms. The molecule has 1 fully saturated rings. The van der Waals surface area contributed by atoms with Gasteiger partial charge in [-0.25, -0.2) is 0 Å². The van der Waals surface area contributed by atoms with Crippen LogP contribution in [-0.2, 0) is 27.2 Å². The molecule has 0 unspecified atom stereocenters. The van der Waals surface area contributed by atoms with E-state index >= 15 is 0 Å². The number of anilines is 1. The highest BCUT2D eigenvalue weighted by Crippen LogP contribution is 2.30. The molecule has 0 radical (unpaired) electrons. The Hall–Kier alpha value is -2.37. The second kappa shape index (κ2) is 7.25. The van der Waals surface area contributed by atoms with Gasteiger partial charge in [0.15, 0.2) is 0 Å². The van der Waals surface area contributed by atoms with Gasteiger partial charge in [-0.2, -0.15) is 0 Å². The quantitative estimate of drug-likeness (QED) is 0.817. The molecule has 1 heterocycles. The Bertz CT molecular complexity index is 699. The van der Waals surface area contributed by atoms with Crippen LogP contribution >= 0.6 is 0 Å². The number of hydrogen-bond acceptors (Lipinski definition) is 3. The van der Waals surface area contributed by atoms with E-state index in [1.54, 1.807) is 4.90 Å². The zero-order valence-corrected chi connectivity index (χ0v) is 14.8. The van der Waals surface area contributed by atoms with Gasteiger partial charge in [0, 0.05) is 25.1 Å². The number of hydrazine groups is 1.